The molecule has 0 atom stereocenters. The number of benzene rings is 1. The Morgan fingerprint density at radius 3 is 2.22 bits per heavy atom. The molecule has 1 heterocycles. The molecule has 23 heavy (non-hydrogen) atoms. The van der Waals surface area contributed by atoms with Gasteiger partial charge >= 0.3 is 5.97 Å². The van der Waals surface area contributed by atoms with E-state index in [-0.39, 0.29) is 42.3 Å². The van der Waals surface area contributed by atoms with Crippen molar-refractivity contribution in [2.45, 2.75) is 0 Å². The normalized spacial score (nSPS) is 13.2. The van der Waals surface area contributed by atoms with Crippen LogP contribution in [0, 0.1) is 0 Å². The second kappa shape index (κ2) is 7.28. The van der Waals surface area contributed by atoms with Crippen LogP contribution in [0.1, 0.15) is 20.7 Å². The lowest BCUT2D eigenvalue weighted by atomic mass is 10.1. The minimum Gasteiger partial charge on any atom is -0.481 e. The van der Waals surface area contributed by atoms with Gasteiger partial charge in [0.2, 0.25) is 5.91 Å². The van der Waals surface area contributed by atoms with Crippen LogP contribution in [0.15, 0.2) is 24.3 Å². The highest BCUT2D eigenvalue weighted by atomic mass is 32.2. The van der Waals surface area contributed by atoms with E-state index in [4.69, 9.17) is 5.11 Å². The number of carbonyl (C=O) groups is 4. The molecule has 0 saturated carbocycles. The van der Waals surface area contributed by atoms with Crippen LogP contribution in [0.5, 0.6) is 0 Å². The third-order valence-electron chi connectivity index (χ3n) is 3.41. The van der Waals surface area contributed by atoms with Gasteiger partial charge in [-0.05, 0) is 12.1 Å². The molecule has 1 N–H and O–H groups in total. The maximum atomic E-state index is 12.2. The van der Waals surface area contributed by atoms with Gasteiger partial charge in [-0.25, -0.2) is 0 Å². The van der Waals surface area contributed by atoms with Crippen LogP contribution in [0.4, 0.5) is 0 Å². The van der Waals surface area contributed by atoms with Crippen molar-refractivity contribution in [3.8, 4) is 0 Å². The minimum atomic E-state index is -0.975. The molecule has 8 heteroatoms. The Kier molecular flexibility index (Phi) is 5.38. The number of hydrogen-bond donors (Lipinski definition) is 1. The van der Waals surface area contributed by atoms with Crippen LogP contribution in [0.2, 0.25) is 0 Å². The number of likely N-dealkylation sites (N-methyl/N-ethyl adjacent to an activating group) is 1. The van der Waals surface area contributed by atoms with E-state index in [1.54, 1.807) is 31.3 Å². The van der Waals surface area contributed by atoms with E-state index in [1.165, 1.54) is 4.90 Å². The first-order valence-electron chi connectivity index (χ1n) is 6.90. The summed E-state index contributed by atoms with van der Waals surface area (Å²) >= 11 is 1.01. The number of imide groups is 1. The number of rotatable bonds is 7. The van der Waals surface area contributed by atoms with Gasteiger partial charge in [0.15, 0.2) is 0 Å². The first-order chi connectivity index (χ1) is 10.9. The van der Waals surface area contributed by atoms with Crippen molar-refractivity contribution in [2.24, 2.45) is 0 Å². The molecular weight excluding hydrogens is 320 g/mol. The molecule has 0 saturated heterocycles. The number of carboxylic acids is 1. The van der Waals surface area contributed by atoms with Gasteiger partial charge in [-0.3, -0.25) is 24.1 Å². The molecule has 1 aromatic carbocycles. The summed E-state index contributed by atoms with van der Waals surface area (Å²) < 4.78 is 0. The van der Waals surface area contributed by atoms with E-state index in [2.05, 4.69) is 0 Å². The lowest BCUT2D eigenvalue weighted by molar-refractivity contribution is -0.133. The number of carboxylic acid groups (broad SMARTS) is 1. The second-order valence-corrected chi connectivity index (χ2v) is 5.99. The fourth-order valence-corrected chi connectivity index (χ4v) is 2.82. The van der Waals surface area contributed by atoms with Gasteiger partial charge in [0, 0.05) is 20.1 Å². The molecule has 3 amide bonds. The lowest BCUT2D eigenvalue weighted by Gasteiger charge is -2.20. The van der Waals surface area contributed by atoms with Gasteiger partial charge in [0.25, 0.3) is 11.8 Å². The topological polar surface area (TPSA) is 95.0 Å². The number of fused-ring (bicyclic) bond motifs is 1. The molecule has 0 aromatic heterocycles. The van der Waals surface area contributed by atoms with Crippen molar-refractivity contribution in [1.29, 1.82) is 0 Å². The van der Waals surface area contributed by atoms with Crippen molar-refractivity contribution in [3.63, 3.8) is 0 Å². The van der Waals surface area contributed by atoms with E-state index in [1.807, 2.05) is 0 Å². The Labute approximate surface area is 137 Å². The summed E-state index contributed by atoms with van der Waals surface area (Å²) in [7, 11) is 1.56. The predicted octanol–water partition coefficient (Wildman–Crippen LogP) is 0.559. The van der Waals surface area contributed by atoms with Gasteiger partial charge in [-0.15, -0.1) is 11.8 Å². The highest BCUT2D eigenvalue weighted by molar-refractivity contribution is 8.00. The third kappa shape index (κ3) is 3.89. The van der Waals surface area contributed by atoms with E-state index in [9.17, 15) is 19.2 Å². The molecule has 7 nitrogen and oxygen atoms in total. The van der Waals surface area contributed by atoms with Gasteiger partial charge in [-0.2, -0.15) is 0 Å². The van der Waals surface area contributed by atoms with Gasteiger partial charge in [0.1, 0.15) is 0 Å². The number of thioether (sulfide) groups is 1. The van der Waals surface area contributed by atoms with Crippen molar-refractivity contribution in [3.05, 3.63) is 35.4 Å². The van der Waals surface area contributed by atoms with Crippen LogP contribution in [0.3, 0.4) is 0 Å². The number of aliphatic carboxylic acids is 1. The predicted molar refractivity (Wildman–Crippen MR) is 84.4 cm³/mol. The summed E-state index contributed by atoms with van der Waals surface area (Å²) in [4.78, 5) is 49.1. The zero-order valence-electron chi connectivity index (χ0n) is 12.5. The summed E-state index contributed by atoms with van der Waals surface area (Å²) in [6, 6.07) is 6.60. The molecule has 122 valence electrons. The second-order valence-electron chi connectivity index (χ2n) is 5.01. The Bertz CT molecular complexity index is 626. The Hall–Kier alpha value is -2.35. The Balaban J connectivity index is 1.87. The molecule has 0 spiro atoms. The highest BCUT2D eigenvalue weighted by Crippen LogP contribution is 2.21. The molecule has 1 aliphatic heterocycles. The summed E-state index contributed by atoms with van der Waals surface area (Å²) in [6.07, 6.45) is 0. The fourth-order valence-electron chi connectivity index (χ4n) is 2.15. The molecule has 0 bridgehead atoms. The van der Waals surface area contributed by atoms with E-state index >= 15 is 0 Å². The summed E-state index contributed by atoms with van der Waals surface area (Å²) in [6.45, 7) is 0.316. The summed E-state index contributed by atoms with van der Waals surface area (Å²) in [5.41, 5.74) is 0.756. The van der Waals surface area contributed by atoms with Crippen molar-refractivity contribution < 1.29 is 24.3 Å². The van der Waals surface area contributed by atoms with Crippen molar-refractivity contribution >= 4 is 35.5 Å². The SMILES string of the molecule is CN(CCN1C(=O)c2ccccc2C1=O)C(=O)CSCC(=O)O. The molecule has 1 aromatic rings. The summed E-state index contributed by atoms with van der Waals surface area (Å²) in [5.74, 6) is -2.02. The highest BCUT2D eigenvalue weighted by Gasteiger charge is 2.34. The van der Waals surface area contributed by atoms with Crippen LogP contribution in [-0.4, -0.2) is 70.2 Å². The maximum absolute atomic E-state index is 12.2. The van der Waals surface area contributed by atoms with E-state index < -0.39 is 5.97 Å². The van der Waals surface area contributed by atoms with Crippen LogP contribution < -0.4 is 0 Å². The van der Waals surface area contributed by atoms with Crippen molar-refractivity contribution in [1.82, 2.24) is 9.80 Å². The van der Waals surface area contributed by atoms with Gasteiger partial charge in [0.05, 0.1) is 22.6 Å². The van der Waals surface area contributed by atoms with Crippen LogP contribution >= 0.6 is 11.8 Å². The standard InChI is InChI=1S/C15H16N2O5S/c1-16(12(18)8-23-9-13(19)20)6-7-17-14(21)10-4-2-3-5-11(10)15(17)22/h2-5H,6-9H2,1H3,(H,19,20). The zero-order valence-corrected chi connectivity index (χ0v) is 13.3. The van der Waals surface area contributed by atoms with E-state index in [0.717, 1.165) is 16.7 Å². The minimum absolute atomic E-state index is 0.0465. The Morgan fingerprint density at radius 2 is 1.70 bits per heavy atom. The number of hydrogen-bond acceptors (Lipinski definition) is 5. The van der Waals surface area contributed by atoms with Crippen molar-refractivity contribution in [2.75, 3.05) is 31.6 Å². The smallest absolute Gasteiger partial charge is 0.313 e. The molecular formula is C15H16N2O5S. The maximum Gasteiger partial charge on any atom is 0.313 e. The first-order valence-corrected chi connectivity index (χ1v) is 8.06. The molecule has 0 fully saturated rings. The first kappa shape index (κ1) is 17.0. The molecule has 0 unspecified atom stereocenters. The monoisotopic (exact) mass is 336 g/mol. The fraction of sp³-hybridized carbons (Fsp3) is 0.333. The Morgan fingerprint density at radius 1 is 1.13 bits per heavy atom. The largest absolute Gasteiger partial charge is 0.481 e. The van der Waals surface area contributed by atoms with Crippen LogP contribution in [-0.2, 0) is 9.59 Å². The quantitative estimate of drug-likeness (QED) is 0.731. The molecule has 0 aliphatic carbocycles. The van der Waals surface area contributed by atoms with Crippen LogP contribution in [0.25, 0.3) is 0 Å². The average Bonchev–Trinajstić information content (AvgIpc) is 2.76. The number of amides is 3. The lowest BCUT2D eigenvalue weighted by Crippen LogP contribution is -2.39. The van der Waals surface area contributed by atoms with Gasteiger partial charge in [-0.1, -0.05) is 12.1 Å². The number of carbonyl (C=O) groups excluding carboxylic acids is 3. The molecule has 0 radical (unpaired) electrons. The average molecular weight is 336 g/mol. The molecule has 1 aliphatic rings. The molecule has 2 rings (SSSR count). The van der Waals surface area contributed by atoms with E-state index in [0.29, 0.717) is 11.1 Å². The third-order valence-corrected chi connectivity index (χ3v) is 4.32. The number of nitrogens with zero attached hydrogens (tertiary/aromatic N) is 2. The van der Waals surface area contributed by atoms with Gasteiger partial charge < -0.3 is 10.0 Å². The summed E-state index contributed by atoms with van der Waals surface area (Å²) in [5, 5.41) is 8.53. The zero-order chi connectivity index (χ0) is 17.0.